The maximum Gasteiger partial charge on any atom is 0.324 e. The fourth-order valence-electron chi connectivity index (χ4n) is 1.55. The average Bonchev–Trinajstić information content (AvgIpc) is 2.44. The lowest BCUT2D eigenvalue weighted by atomic mass is 10.2. The Morgan fingerprint density at radius 1 is 1.25 bits per heavy atom. The third-order valence-electron chi connectivity index (χ3n) is 2.86. The highest BCUT2D eigenvalue weighted by Gasteiger charge is 2.29. The molecule has 4 nitrogen and oxygen atoms in total. The molecule has 0 heterocycles. The molecule has 20 heavy (non-hydrogen) atoms. The third-order valence-corrected chi connectivity index (χ3v) is 5.18. The summed E-state index contributed by atoms with van der Waals surface area (Å²) in [4.78, 5) is 11.6. The van der Waals surface area contributed by atoms with Crippen molar-refractivity contribution in [2.24, 2.45) is 0 Å². The van der Waals surface area contributed by atoms with Gasteiger partial charge in [-0.1, -0.05) is 31.2 Å². The van der Waals surface area contributed by atoms with Gasteiger partial charge in [0.1, 0.15) is 0 Å². The number of esters is 1. The van der Waals surface area contributed by atoms with Crippen molar-refractivity contribution in [1.29, 1.82) is 0 Å². The topological polar surface area (TPSA) is 60.4 Å². The second kappa shape index (κ2) is 7.64. The quantitative estimate of drug-likeness (QED) is 0.573. The maximum absolute atomic E-state index is 12.1. The van der Waals surface area contributed by atoms with E-state index in [0.29, 0.717) is 17.9 Å². The van der Waals surface area contributed by atoms with Crippen molar-refractivity contribution in [3.63, 3.8) is 0 Å². The van der Waals surface area contributed by atoms with E-state index in [2.05, 4.69) is 0 Å². The SMILES string of the molecule is CCCOC(=O)C(C)S(=O)(=O)Cc1ccc(CCl)cc1. The third kappa shape index (κ3) is 4.80. The molecule has 0 saturated heterocycles. The molecule has 1 rings (SSSR count). The molecule has 0 N–H and O–H groups in total. The van der Waals surface area contributed by atoms with Gasteiger partial charge in [-0.3, -0.25) is 4.79 Å². The van der Waals surface area contributed by atoms with Crippen LogP contribution in [0.3, 0.4) is 0 Å². The van der Waals surface area contributed by atoms with Crippen LogP contribution in [0.5, 0.6) is 0 Å². The smallest absolute Gasteiger partial charge is 0.324 e. The van der Waals surface area contributed by atoms with Crippen molar-refractivity contribution in [3.8, 4) is 0 Å². The van der Waals surface area contributed by atoms with Crippen LogP contribution < -0.4 is 0 Å². The number of hydrogen-bond donors (Lipinski definition) is 0. The Morgan fingerprint density at radius 2 is 1.80 bits per heavy atom. The van der Waals surface area contributed by atoms with Gasteiger partial charge in [0.2, 0.25) is 0 Å². The van der Waals surface area contributed by atoms with Crippen molar-refractivity contribution in [1.82, 2.24) is 0 Å². The normalized spacial score (nSPS) is 12.9. The second-order valence-electron chi connectivity index (χ2n) is 4.57. The van der Waals surface area contributed by atoms with Gasteiger partial charge in [0.05, 0.1) is 12.4 Å². The molecule has 0 radical (unpaired) electrons. The molecule has 0 aromatic heterocycles. The first-order chi connectivity index (χ1) is 9.40. The van der Waals surface area contributed by atoms with E-state index in [1.54, 1.807) is 24.3 Å². The minimum Gasteiger partial charge on any atom is -0.465 e. The minimum absolute atomic E-state index is 0.183. The lowest BCUT2D eigenvalue weighted by Crippen LogP contribution is -2.30. The summed E-state index contributed by atoms with van der Waals surface area (Å²) in [6.45, 7) is 3.45. The predicted octanol–water partition coefficient (Wildman–Crippen LogP) is 2.68. The van der Waals surface area contributed by atoms with Crippen LogP contribution in [0, 0.1) is 0 Å². The van der Waals surface area contributed by atoms with Gasteiger partial charge in [0.15, 0.2) is 15.1 Å². The van der Waals surface area contributed by atoms with E-state index in [4.69, 9.17) is 16.3 Å². The highest BCUT2D eigenvalue weighted by molar-refractivity contribution is 7.92. The van der Waals surface area contributed by atoms with E-state index in [-0.39, 0.29) is 12.4 Å². The summed E-state index contributed by atoms with van der Waals surface area (Å²) >= 11 is 5.67. The Kier molecular flexibility index (Phi) is 6.49. The van der Waals surface area contributed by atoms with Crippen LogP contribution in [-0.4, -0.2) is 26.2 Å². The van der Waals surface area contributed by atoms with E-state index < -0.39 is 21.1 Å². The highest BCUT2D eigenvalue weighted by atomic mass is 35.5. The molecular weight excluding hydrogens is 300 g/mol. The standard InChI is InChI=1S/C14H19ClO4S/c1-3-8-19-14(16)11(2)20(17,18)10-13-6-4-12(9-15)5-7-13/h4-7,11H,3,8-10H2,1-2H3. The summed E-state index contributed by atoms with van der Waals surface area (Å²) in [5, 5.41) is -1.15. The molecular formula is C14H19ClO4S. The maximum atomic E-state index is 12.1. The first-order valence-electron chi connectivity index (χ1n) is 6.42. The van der Waals surface area contributed by atoms with E-state index >= 15 is 0 Å². The van der Waals surface area contributed by atoms with Gasteiger partial charge in [0.25, 0.3) is 0 Å². The van der Waals surface area contributed by atoms with Crippen molar-refractivity contribution in [3.05, 3.63) is 35.4 Å². The second-order valence-corrected chi connectivity index (χ2v) is 7.16. The number of benzene rings is 1. The van der Waals surface area contributed by atoms with Crippen LogP contribution in [-0.2, 0) is 31.0 Å². The molecule has 0 fully saturated rings. The Labute approximate surface area is 125 Å². The number of rotatable bonds is 7. The molecule has 6 heteroatoms. The zero-order chi connectivity index (χ0) is 15.2. The molecule has 0 aliphatic carbocycles. The van der Waals surface area contributed by atoms with Gasteiger partial charge in [-0.25, -0.2) is 8.42 Å². The van der Waals surface area contributed by atoms with Gasteiger partial charge in [-0.05, 0) is 24.5 Å². The fraction of sp³-hybridized carbons (Fsp3) is 0.500. The summed E-state index contributed by atoms with van der Waals surface area (Å²) in [5.41, 5.74) is 1.55. The Hall–Kier alpha value is -1.07. The summed E-state index contributed by atoms with van der Waals surface area (Å²) in [6, 6.07) is 6.97. The number of ether oxygens (including phenoxy) is 1. The lowest BCUT2D eigenvalue weighted by molar-refractivity contribution is -0.142. The number of hydrogen-bond acceptors (Lipinski definition) is 4. The molecule has 0 aliphatic heterocycles. The fourth-order valence-corrected chi connectivity index (χ4v) is 2.99. The Morgan fingerprint density at radius 3 is 2.30 bits per heavy atom. The van der Waals surface area contributed by atoms with Gasteiger partial charge < -0.3 is 4.74 Å². The molecule has 1 atom stereocenters. The lowest BCUT2D eigenvalue weighted by Gasteiger charge is -2.12. The van der Waals surface area contributed by atoms with E-state index in [0.717, 1.165) is 5.56 Å². The monoisotopic (exact) mass is 318 g/mol. The van der Waals surface area contributed by atoms with Crippen LogP contribution in [0.2, 0.25) is 0 Å². The average molecular weight is 319 g/mol. The van der Waals surface area contributed by atoms with E-state index in [1.165, 1.54) is 6.92 Å². The Bertz CT molecular complexity index is 537. The molecule has 1 aromatic rings. The highest BCUT2D eigenvalue weighted by Crippen LogP contribution is 2.14. The van der Waals surface area contributed by atoms with Crippen molar-refractivity contribution >= 4 is 27.4 Å². The summed E-state index contributed by atoms with van der Waals surface area (Å²) in [7, 11) is -3.57. The van der Waals surface area contributed by atoms with Crippen molar-refractivity contribution in [2.45, 2.75) is 37.2 Å². The zero-order valence-corrected chi connectivity index (χ0v) is 13.2. The number of sulfone groups is 1. The van der Waals surface area contributed by atoms with Crippen molar-refractivity contribution in [2.75, 3.05) is 6.61 Å². The van der Waals surface area contributed by atoms with Gasteiger partial charge in [-0.15, -0.1) is 11.6 Å². The minimum atomic E-state index is -3.57. The zero-order valence-electron chi connectivity index (χ0n) is 11.6. The molecule has 0 amide bonds. The number of carbonyl (C=O) groups excluding carboxylic acids is 1. The molecule has 0 spiro atoms. The largest absolute Gasteiger partial charge is 0.465 e. The summed E-state index contributed by atoms with van der Waals surface area (Å²) in [5.74, 6) is -0.491. The number of halogens is 1. The van der Waals surface area contributed by atoms with Crippen LogP contribution >= 0.6 is 11.6 Å². The van der Waals surface area contributed by atoms with Crippen LogP contribution in [0.15, 0.2) is 24.3 Å². The molecule has 0 aliphatic rings. The van der Waals surface area contributed by atoms with E-state index in [1.807, 2.05) is 6.92 Å². The number of alkyl halides is 1. The van der Waals surface area contributed by atoms with E-state index in [9.17, 15) is 13.2 Å². The van der Waals surface area contributed by atoms with Gasteiger partial charge in [-0.2, -0.15) is 0 Å². The first-order valence-corrected chi connectivity index (χ1v) is 8.67. The Balaban J connectivity index is 2.75. The van der Waals surface area contributed by atoms with Crippen LogP contribution in [0.4, 0.5) is 0 Å². The van der Waals surface area contributed by atoms with Crippen LogP contribution in [0.25, 0.3) is 0 Å². The summed E-state index contributed by atoms with van der Waals surface area (Å²) < 4.78 is 29.1. The first kappa shape index (κ1) is 17.0. The van der Waals surface area contributed by atoms with Crippen LogP contribution in [0.1, 0.15) is 31.4 Å². The van der Waals surface area contributed by atoms with Gasteiger partial charge >= 0.3 is 5.97 Å². The number of carbonyl (C=O) groups is 1. The predicted molar refractivity (Wildman–Crippen MR) is 79.3 cm³/mol. The van der Waals surface area contributed by atoms with Crippen molar-refractivity contribution < 1.29 is 17.9 Å². The van der Waals surface area contributed by atoms with Gasteiger partial charge in [0, 0.05) is 5.88 Å². The molecule has 0 bridgehead atoms. The molecule has 1 unspecified atom stereocenters. The molecule has 0 saturated carbocycles. The molecule has 112 valence electrons. The summed E-state index contributed by atoms with van der Waals surface area (Å²) in [6.07, 6.45) is 0.665. The molecule has 1 aromatic carbocycles.